The maximum atomic E-state index is 14.2. The third kappa shape index (κ3) is 16.8. The van der Waals surface area contributed by atoms with E-state index in [4.69, 9.17) is 15.6 Å². The highest BCUT2D eigenvalue weighted by atomic mass is 16.6. The van der Waals surface area contributed by atoms with Crippen LogP contribution in [0.4, 0.5) is 21.9 Å². The maximum Gasteiger partial charge on any atom is 0.415 e. The Morgan fingerprint density at radius 3 is 2.13 bits per heavy atom. The average Bonchev–Trinajstić information content (AvgIpc) is 4.37. The number of anilines is 3. The van der Waals surface area contributed by atoms with Crippen LogP contribution < -0.4 is 42.0 Å². The monoisotopic (exact) mass is 1090 g/mol. The molecule has 1 atom stereocenters. The van der Waals surface area contributed by atoms with E-state index in [9.17, 15) is 38.4 Å². The number of nitrogens with one attached hydrogen (secondary N) is 6. The van der Waals surface area contributed by atoms with Crippen molar-refractivity contribution in [3.05, 3.63) is 108 Å². The lowest BCUT2D eigenvalue weighted by molar-refractivity contribution is -0.137. The largest absolute Gasteiger partial charge is 0.415 e. The van der Waals surface area contributed by atoms with Crippen molar-refractivity contribution in [2.24, 2.45) is 5.73 Å². The molecule has 0 radical (unpaired) electrons. The van der Waals surface area contributed by atoms with Gasteiger partial charge in [0.05, 0.1) is 18.3 Å². The first-order valence-corrected chi connectivity index (χ1v) is 27.1. The number of piperazine rings is 1. The molecule has 0 spiro atoms. The second-order valence-electron chi connectivity index (χ2n) is 19.3. The molecule has 3 aliphatic rings. The summed E-state index contributed by atoms with van der Waals surface area (Å²) in [6.45, 7) is 8.60. The van der Waals surface area contributed by atoms with E-state index >= 15 is 0 Å². The average molecular weight is 1090 g/mol. The summed E-state index contributed by atoms with van der Waals surface area (Å²) in [6, 6.07) is 22.4. The number of unbranched alkanes of at least 4 members (excludes halogenated alkanes) is 3. The Morgan fingerprint density at radius 1 is 0.747 bits per heavy atom. The predicted octanol–water partition coefficient (Wildman–Crippen LogP) is 5.29. The van der Waals surface area contributed by atoms with Gasteiger partial charge in [-0.25, -0.2) is 4.79 Å². The van der Waals surface area contributed by atoms with Crippen molar-refractivity contribution in [3.8, 4) is 5.75 Å². The van der Waals surface area contributed by atoms with E-state index in [-0.39, 0.29) is 61.5 Å². The second kappa shape index (κ2) is 30.2. The highest BCUT2D eigenvalue weighted by Crippen LogP contribution is 2.41. The van der Waals surface area contributed by atoms with Crippen molar-refractivity contribution in [3.63, 3.8) is 0 Å². The molecule has 0 aliphatic carbocycles. The number of hydrogen-bond acceptors (Lipinski definition) is 13. The quantitative estimate of drug-likeness (QED) is 0.0324. The molecule has 0 bridgehead atoms. The molecule has 8 amide bonds. The van der Waals surface area contributed by atoms with E-state index in [1.165, 1.54) is 25.0 Å². The fourth-order valence-electron chi connectivity index (χ4n) is 9.27. The molecular formula is C58H75N11O10. The number of aliphatic hydroxyl groups is 1. The number of amides is 8. The number of rotatable bonds is 22. The lowest BCUT2D eigenvalue weighted by Gasteiger charge is -2.31. The number of H-pyrrole nitrogens is 1. The summed E-state index contributed by atoms with van der Waals surface area (Å²) in [7, 11) is 3.02. The first-order chi connectivity index (χ1) is 38.3. The highest BCUT2D eigenvalue weighted by molar-refractivity contribution is 6.13. The third-order valence-corrected chi connectivity index (χ3v) is 13.6. The lowest BCUT2D eigenvalue weighted by Crippen LogP contribution is -2.48. The van der Waals surface area contributed by atoms with Crippen LogP contribution in [0.15, 0.2) is 91.0 Å². The minimum atomic E-state index is -0.585. The standard InChI is InChI=1S/C53H60N10O9.C4H11N.CH4O/c1-3-4-5-11-42(54-22-23-55-46(64)12-8-24-63-48(66)19-20-49(63)67)51(69)56-33-47(65)57-36-15-13-34(14-16-36)50(68)58-37-17-18-41-35(30-37)31-43(59-41)52(70)62-25-21-39-38-9-6-7-10-40(38)45(32-44(39)62)72-53(71)61-28-26-60(2)27-29-61;1-2-3-4-5;1-2/h6-7,9-10,13-20,30-32,42,54,59H,3-5,8,11-12,21-29,33H2,1-2H3,(H,55,64)(H,56,69)(H,57,65)(H,58,68);2-5H2,1H3;2H,1H3/t42-;;/m0../s1. The smallest absolute Gasteiger partial charge is 0.409 e. The number of aromatic amines is 1. The summed E-state index contributed by atoms with van der Waals surface area (Å²) < 4.78 is 6.01. The highest BCUT2D eigenvalue weighted by Gasteiger charge is 2.31. The van der Waals surface area contributed by atoms with Gasteiger partial charge in [-0.3, -0.25) is 38.5 Å². The second-order valence-corrected chi connectivity index (χ2v) is 19.3. The van der Waals surface area contributed by atoms with Gasteiger partial charge in [-0.2, -0.15) is 0 Å². The van der Waals surface area contributed by atoms with Gasteiger partial charge < -0.3 is 61.8 Å². The number of aliphatic hydroxyl groups excluding tert-OH is 1. The van der Waals surface area contributed by atoms with Crippen molar-refractivity contribution >= 4 is 86.2 Å². The van der Waals surface area contributed by atoms with Crippen LogP contribution in [0.1, 0.15) is 91.6 Å². The van der Waals surface area contributed by atoms with Gasteiger partial charge in [-0.1, -0.05) is 63.8 Å². The van der Waals surface area contributed by atoms with Crippen LogP contribution in [0.5, 0.6) is 5.75 Å². The Kier molecular flexibility index (Phi) is 23.1. The number of benzene rings is 4. The molecular weight excluding hydrogens is 1010 g/mol. The number of nitrogens with zero attached hydrogens (tertiary/aromatic N) is 4. The van der Waals surface area contributed by atoms with Gasteiger partial charge in [0, 0.05) is 117 Å². The summed E-state index contributed by atoms with van der Waals surface area (Å²) in [5.74, 6) is -2.04. The minimum Gasteiger partial charge on any atom is -0.409 e. The first-order valence-electron chi connectivity index (χ1n) is 27.1. The van der Waals surface area contributed by atoms with E-state index in [1.54, 1.807) is 64.4 Å². The molecule has 5 aromatic rings. The summed E-state index contributed by atoms with van der Waals surface area (Å²) in [5, 5.41) is 23.7. The summed E-state index contributed by atoms with van der Waals surface area (Å²) in [4.78, 5) is 112. The van der Waals surface area contributed by atoms with Crippen LogP contribution in [-0.4, -0.2) is 158 Å². The van der Waals surface area contributed by atoms with Crippen LogP contribution in [0.25, 0.3) is 21.7 Å². The first kappa shape index (κ1) is 60.3. The number of nitrogens with two attached hydrogens (primary N) is 1. The zero-order valence-corrected chi connectivity index (χ0v) is 45.7. The zero-order chi connectivity index (χ0) is 56.8. The molecule has 0 saturated carbocycles. The van der Waals surface area contributed by atoms with Gasteiger partial charge in [0.25, 0.3) is 23.6 Å². The van der Waals surface area contributed by atoms with Gasteiger partial charge in [0.1, 0.15) is 11.4 Å². The fourth-order valence-corrected chi connectivity index (χ4v) is 9.27. The normalized spacial score (nSPS) is 14.2. The van der Waals surface area contributed by atoms with Gasteiger partial charge in [-0.15, -0.1) is 0 Å². The Balaban J connectivity index is 0.00000136. The predicted molar refractivity (Wildman–Crippen MR) is 305 cm³/mol. The number of carbonyl (C=O) groups excluding carboxylic acids is 8. The summed E-state index contributed by atoms with van der Waals surface area (Å²) in [5.41, 5.74) is 9.19. The molecule has 21 heteroatoms. The maximum absolute atomic E-state index is 14.2. The Hall–Kier alpha value is -7.98. The van der Waals surface area contributed by atoms with Crippen molar-refractivity contribution in [1.82, 2.24) is 35.6 Å². The number of imide groups is 1. The van der Waals surface area contributed by atoms with Gasteiger partial charge in [0.2, 0.25) is 17.7 Å². The molecule has 9 N–H and O–H groups in total. The molecule has 79 heavy (non-hydrogen) atoms. The van der Waals surface area contributed by atoms with Crippen LogP contribution in [0.3, 0.4) is 0 Å². The fraction of sp³-hybridized carbons (Fsp3) is 0.414. The van der Waals surface area contributed by atoms with Crippen molar-refractivity contribution < 1.29 is 48.2 Å². The molecule has 1 saturated heterocycles. The molecule has 0 unspecified atom stereocenters. The number of ether oxygens (including phenoxy) is 1. The van der Waals surface area contributed by atoms with Gasteiger partial charge in [-0.05, 0) is 98.8 Å². The van der Waals surface area contributed by atoms with E-state index in [2.05, 4.69) is 50.3 Å². The van der Waals surface area contributed by atoms with Crippen LogP contribution >= 0.6 is 0 Å². The Bertz CT molecular complexity index is 2950. The van der Waals surface area contributed by atoms with Crippen molar-refractivity contribution in [2.75, 3.05) is 95.1 Å². The van der Waals surface area contributed by atoms with Gasteiger partial charge in [0.15, 0.2) is 0 Å². The van der Waals surface area contributed by atoms with E-state index in [1.807, 2.05) is 31.3 Å². The van der Waals surface area contributed by atoms with Crippen LogP contribution in [-0.2, 0) is 30.4 Å². The van der Waals surface area contributed by atoms with E-state index in [0.29, 0.717) is 90.4 Å². The van der Waals surface area contributed by atoms with Crippen LogP contribution in [0.2, 0.25) is 0 Å². The Morgan fingerprint density at radius 2 is 1.44 bits per heavy atom. The third-order valence-electron chi connectivity index (χ3n) is 13.6. The SMILES string of the molecule is CCCCC[C@H](NCCNC(=O)CCCN1C(=O)C=CC1=O)C(=O)NCC(=O)Nc1ccc(C(=O)Nc2ccc3[nH]c(C(=O)N4CCc5c4cc(OC(=O)N4CCN(C)CC4)c4ccccc54)cc3c2)cc1.CCCCN.CO. The van der Waals surface area contributed by atoms with E-state index < -0.39 is 18.0 Å². The van der Waals surface area contributed by atoms with Crippen molar-refractivity contribution in [2.45, 2.75) is 77.7 Å². The number of fused-ring (bicyclic) bond motifs is 4. The Labute approximate surface area is 460 Å². The lowest BCUT2D eigenvalue weighted by atomic mass is 10.0. The van der Waals surface area contributed by atoms with E-state index in [0.717, 1.165) is 67.2 Å². The van der Waals surface area contributed by atoms with Crippen LogP contribution in [0, 0.1) is 0 Å². The molecule has 8 rings (SSSR count). The molecule has 3 aliphatic heterocycles. The van der Waals surface area contributed by atoms with Gasteiger partial charge >= 0.3 is 6.09 Å². The zero-order valence-electron chi connectivity index (χ0n) is 45.7. The topological polar surface area (TPSA) is 281 Å². The molecule has 422 valence electrons. The molecule has 4 aromatic carbocycles. The molecule has 1 fully saturated rings. The summed E-state index contributed by atoms with van der Waals surface area (Å²) in [6.07, 6.45) is 8.71. The number of aromatic nitrogens is 1. The minimum absolute atomic E-state index is 0.138. The molecule has 21 nitrogen and oxygen atoms in total. The molecule has 4 heterocycles. The number of carbonyl (C=O) groups is 8. The number of likely N-dealkylation sites (N-methyl/N-ethyl adjacent to an activating group) is 1. The number of hydrogen-bond donors (Lipinski definition) is 8. The summed E-state index contributed by atoms with van der Waals surface area (Å²) >= 11 is 0. The van der Waals surface area contributed by atoms with Crippen molar-refractivity contribution in [1.29, 1.82) is 0 Å². The molecule has 1 aromatic heterocycles.